The summed E-state index contributed by atoms with van der Waals surface area (Å²) in [6, 6.07) is 11.0. The lowest BCUT2D eigenvalue weighted by molar-refractivity contribution is 0.0601. The molecule has 18 heavy (non-hydrogen) atoms. The van der Waals surface area contributed by atoms with Crippen molar-refractivity contribution in [3.63, 3.8) is 0 Å². The molecule has 0 fully saturated rings. The Morgan fingerprint density at radius 1 is 1.17 bits per heavy atom. The van der Waals surface area contributed by atoms with E-state index in [2.05, 4.69) is 4.74 Å². The van der Waals surface area contributed by atoms with Gasteiger partial charge in [0.2, 0.25) is 0 Å². The highest BCUT2D eigenvalue weighted by Gasteiger charge is 2.08. The zero-order valence-electron chi connectivity index (χ0n) is 9.81. The zero-order chi connectivity index (χ0) is 13.1. The summed E-state index contributed by atoms with van der Waals surface area (Å²) in [4.78, 5) is 11.3. The number of carbonyl (C=O) groups excluding carboxylic acids is 1. The molecule has 0 saturated heterocycles. The summed E-state index contributed by atoms with van der Waals surface area (Å²) in [5.41, 5.74) is 7.42. The molecule has 0 aliphatic carbocycles. The van der Waals surface area contributed by atoms with Crippen molar-refractivity contribution < 1.29 is 13.9 Å². The van der Waals surface area contributed by atoms with Crippen molar-refractivity contribution in [2.24, 2.45) is 0 Å². The summed E-state index contributed by atoms with van der Waals surface area (Å²) < 4.78 is 18.3. The van der Waals surface area contributed by atoms with Gasteiger partial charge in [0.25, 0.3) is 0 Å². The number of halogens is 1. The van der Waals surface area contributed by atoms with E-state index in [1.165, 1.54) is 13.2 Å². The number of hydrogen-bond acceptors (Lipinski definition) is 3. The molecule has 2 rings (SSSR count). The van der Waals surface area contributed by atoms with Gasteiger partial charge >= 0.3 is 5.97 Å². The normalized spacial score (nSPS) is 10.1. The van der Waals surface area contributed by atoms with Crippen LogP contribution in [-0.4, -0.2) is 13.1 Å². The average molecular weight is 245 g/mol. The van der Waals surface area contributed by atoms with Crippen LogP contribution < -0.4 is 5.73 Å². The maximum absolute atomic E-state index is 13.7. The fraction of sp³-hybridized carbons (Fsp3) is 0.0714. The van der Waals surface area contributed by atoms with Gasteiger partial charge in [-0.25, -0.2) is 9.18 Å². The SMILES string of the molecule is COC(=O)c1ccc(-c2ccc(N)cc2F)cc1. The molecule has 0 spiro atoms. The number of esters is 1. The Morgan fingerprint density at radius 2 is 1.83 bits per heavy atom. The van der Waals surface area contributed by atoms with E-state index in [0.717, 1.165) is 0 Å². The second-order valence-electron chi connectivity index (χ2n) is 3.81. The quantitative estimate of drug-likeness (QED) is 0.653. The summed E-state index contributed by atoms with van der Waals surface area (Å²) >= 11 is 0. The third-order valence-corrected chi connectivity index (χ3v) is 2.61. The van der Waals surface area contributed by atoms with E-state index in [-0.39, 0.29) is 5.82 Å². The van der Waals surface area contributed by atoms with Crippen LogP contribution in [0.25, 0.3) is 11.1 Å². The maximum atomic E-state index is 13.7. The lowest BCUT2D eigenvalue weighted by Gasteiger charge is -2.05. The van der Waals surface area contributed by atoms with E-state index in [1.807, 2.05) is 0 Å². The first kappa shape index (κ1) is 12.1. The molecule has 2 aromatic carbocycles. The van der Waals surface area contributed by atoms with Crippen LogP contribution in [0.3, 0.4) is 0 Å². The van der Waals surface area contributed by atoms with Crippen LogP contribution >= 0.6 is 0 Å². The molecular weight excluding hydrogens is 233 g/mol. The van der Waals surface area contributed by atoms with Crippen molar-refractivity contribution in [2.75, 3.05) is 12.8 Å². The van der Waals surface area contributed by atoms with Crippen LogP contribution in [0.15, 0.2) is 42.5 Å². The van der Waals surface area contributed by atoms with Crippen LogP contribution in [0.4, 0.5) is 10.1 Å². The summed E-state index contributed by atoms with van der Waals surface area (Å²) in [6.45, 7) is 0. The van der Waals surface area contributed by atoms with Gasteiger partial charge in [0.1, 0.15) is 5.82 Å². The second kappa shape index (κ2) is 4.87. The van der Waals surface area contributed by atoms with Crippen molar-refractivity contribution in [3.05, 3.63) is 53.8 Å². The summed E-state index contributed by atoms with van der Waals surface area (Å²) in [6.07, 6.45) is 0. The van der Waals surface area contributed by atoms with Crippen LogP contribution in [-0.2, 0) is 4.74 Å². The highest BCUT2D eigenvalue weighted by atomic mass is 19.1. The minimum atomic E-state index is -0.417. The first-order chi connectivity index (χ1) is 8.61. The monoisotopic (exact) mass is 245 g/mol. The molecular formula is C14H12FNO2. The molecule has 2 aromatic rings. The number of hydrogen-bond donors (Lipinski definition) is 1. The fourth-order valence-electron chi connectivity index (χ4n) is 1.67. The van der Waals surface area contributed by atoms with Gasteiger partial charge in [0.05, 0.1) is 12.7 Å². The molecule has 0 bridgehead atoms. The van der Waals surface area contributed by atoms with Gasteiger partial charge < -0.3 is 10.5 Å². The Morgan fingerprint density at radius 3 is 2.39 bits per heavy atom. The van der Waals surface area contributed by atoms with Crippen LogP contribution in [0.5, 0.6) is 0 Å². The summed E-state index contributed by atoms with van der Waals surface area (Å²) in [5.74, 6) is -0.805. The Hall–Kier alpha value is -2.36. The van der Waals surface area contributed by atoms with Gasteiger partial charge in [-0.3, -0.25) is 0 Å². The molecule has 0 heterocycles. The van der Waals surface area contributed by atoms with Gasteiger partial charge in [-0.05, 0) is 35.9 Å². The van der Waals surface area contributed by atoms with Crippen molar-refractivity contribution in [1.29, 1.82) is 0 Å². The second-order valence-corrected chi connectivity index (χ2v) is 3.81. The molecule has 0 saturated carbocycles. The van der Waals surface area contributed by atoms with Crippen LogP contribution in [0.2, 0.25) is 0 Å². The third-order valence-electron chi connectivity index (χ3n) is 2.61. The third kappa shape index (κ3) is 2.32. The molecule has 4 heteroatoms. The number of rotatable bonds is 2. The average Bonchev–Trinajstić information content (AvgIpc) is 2.38. The Bertz CT molecular complexity index is 579. The lowest BCUT2D eigenvalue weighted by Crippen LogP contribution is -2.00. The largest absolute Gasteiger partial charge is 0.465 e. The van der Waals surface area contributed by atoms with E-state index in [1.54, 1.807) is 36.4 Å². The molecule has 2 N–H and O–H groups in total. The Labute approximate surface area is 104 Å². The predicted molar refractivity (Wildman–Crippen MR) is 67.6 cm³/mol. The molecule has 3 nitrogen and oxygen atoms in total. The van der Waals surface area contributed by atoms with Crippen molar-refractivity contribution in [3.8, 4) is 11.1 Å². The van der Waals surface area contributed by atoms with Crippen LogP contribution in [0.1, 0.15) is 10.4 Å². The summed E-state index contributed by atoms with van der Waals surface area (Å²) in [7, 11) is 1.32. The minimum absolute atomic E-state index is 0.377. The van der Waals surface area contributed by atoms with E-state index < -0.39 is 5.97 Å². The van der Waals surface area contributed by atoms with Crippen molar-refractivity contribution in [2.45, 2.75) is 0 Å². The topological polar surface area (TPSA) is 52.3 Å². The molecule has 0 aromatic heterocycles. The van der Waals surface area contributed by atoms with Gasteiger partial charge in [-0.1, -0.05) is 12.1 Å². The van der Waals surface area contributed by atoms with E-state index in [4.69, 9.17) is 5.73 Å². The maximum Gasteiger partial charge on any atom is 0.337 e. The van der Waals surface area contributed by atoms with Crippen LogP contribution in [0, 0.1) is 5.82 Å². The molecule has 0 amide bonds. The summed E-state index contributed by atoms with van der Waals surface area (Å²) in [5, 5.41) is 0. The number of nitrogens with two attached hydrogens (primary N) is 1. The highest BCUT2D eigenvalue weighted by molar-refractivity contribution is 5.90. The first-order valence-corrected chi connectivity index (χ1v) is 5.35. The number of carbonyl (C=O) groups is 1. The molecule has 0 atom stereocenters. The molecule has 92 valence electrons. The van der Waals surface area contributed by atoms with E-state index in [0.29, 0.717) is 22.4 Å². The van der Waals surface area contributed by atoms with Gasteiger partial charge in [-0.15, -0.1) is 0 Å². The smallest absolute Gasteiger partial charge is 0.337 e. The fourth-order valence-corrected chi connectivity index (χ4v) is 1.67. The first-order valence-electron chi connectivity index (χ1n) is 5.35. The Balaban J connectivity index is 2.37. The lowest BCUT2D eigenvalue weighted by atomic mass is 10.0. The predicted octanol–water partition coefficient (Wildman–Crippen LogP) is 2.86. The number of nitrogen functional groups attached to an aromatic ring is 1. The number of methoxy groups -OCH3 is 1. The molecule has 0 unspecified atom stereocenters. The molecule has 0 radical (unpaired) electrons. The highest BCUT2D eigenvalue weighted by Crippen LogP contribution is 2.24. The van der Waals surface area contributed by atoms with Crippen molar-refractivity contribution >= 4 is 11.7 Å². The van der Waals surface area contributed by atoms with Gasteiger partial charge in [0.15, 0.2) is 0 Å². The van der Waals surface area contributed by atoms with Gasteiger partial charge in [-0.2, -0.15) is 0 Å². The standard InChI is InChI=1S/C14H12FNO2/c1-18-14(17)10-4-2-9(3-5-10)12-7-6-11(16)8-13(12)15/h2-8H,16H2,1H3. The minimum Gasteiger partial charge on any atom is -0.465 e. The number of anilines is 1. The molecule has 0 aliphatic heterocycles. The van der Waals surface area contributed by atoms with E-state index >= 15 is 0 Å². The van der Waals surface area contributed by atoms with Crippen molar-refractivity contribution in [1.82, 2.24) is 0 Å². The van der Waals surface area contributed by atoms with Gasteiger partial charge in [0, 0.05) is 11.3 Å². The number of benzene rings is 2. The Kier molecular flexibility index (Phi) is 3.28. The number of ether oxygens (including phenoxy) is 1. The zero-order valence-corrected chi connectivity index (χ0v) is 9.81. The van der Waals surface area contributed by atoms with E-state index in [9.17, 15) is 9.18 Å². The molecule has 0 aliphatic rings.